The molecule has 0 aliphatic carbocycles. The van der Waals surface area contributed by atoms with E-state index in [2.05, 4.69) is 26.8 Å². The maximum absolute atomic E-state index is 11.1. The lowest BCUT2D eigenvalue weighted by atomic mass is 9.87. The van der Waals surface area contributed by atoms with Crippen LogP contribution in [0.5, 0.6) is 5.75 Å². The Bertz CT molecular complexity index is 381. The van der Waals surface area contributed by atoms with Crippen LogP contribution in [0, 0.1) is 11.0 Å². The van der Waals surface area contributed by atoms with E-state index in [4.69, 9.17) is 10.6 Å². The third-order valence-electron chi connectivity index (χ3n) is 2.19. The van der Waals surface area contributed by atoms with Crippen LogP contribution in [-0.4, -0.2) is 12.0 Å². The van der Waals surface area contributed by atoms with E-state index in [0.717, 1.165) is 5.56 Å². The Morgan fingerprint density at radius 2 is 2.07 bits per heavy atom. The second-order valence-corrected chi connectivity index (χ2v) is 4.38. The van der Waals surface area contributed by atoms with E-state index in [-0.39, 0.29) is 5.41 Å². The Morgan fingerprint density at radius 1 is 1.47 bits per heavy atom. The van der Waals surface area contributed by atoms with Gasteiger partial charge in [-0.3, -0.25) is 0 Å². The average Bonchev–Trinajstić information content (AvgIpc) is 2.15. The van der Waals surface area contributed by atoms with Crippen molar-refractivity contribution in [3.8, 4) is 5.75 Å². The Kier molecular flexibility index (Phi) is 2.98. The summed E-state index contributed by atoms with van der Waals surface area (Å²) in [4.78, 5) is 11.4. The molecule has 4 heteroatoms. The van der Waals surface area contributed by atoms with Crippen molar-refractivity contribution in [1.82, 2.24) is 0 Å². The van der Waals surface area contributed by atoms with Gasteiger partial charge < -0.3 is 4.74 Å². The van der Waals surface area contributed by atoms with E-state index in [1.54, 1.807) is 6.07 Å². The first-order valence-electron chi connectivity index (χ1n) is 4.68. The maximum Gasteiger partial charge on any atom is 0.334 e. The number of methoxy groups -OCH3 is 1. The summed E-state index contributed by atoms with van der Waals surface area (Å²) >= 11 is 0. The normalized spacial score (nSPS) is 11.2. The third-order valence-corrected chi connectivity index (χ3v) is 2.19. The summed E-state index contributed by atoms with van der Waals surface area (Å²) in [6.07, 6.45) is 0. The molecule has 1 aromatic carbocycles. The second kappa shape index (κ2) is 3.88. The number of rotatable bonds is 2. The van der Waals surface area contributed by atoms with E-state index in [0.29, 0.717) is 16.3 Å². The number of benzene rings is 1. The number of nitroso groups, excluding NO2 is 1. The molecule has 1 aromatic rings. The van der Waals surface area contributed by atoms with Crippen LogP contribution in [0.3, 0.4) is 0 Å². The molecule has 0 bridgehead atoms. The van der Waals surface area contributed by atoms with E-state index >= 15 is 0 Å². The third kappa shape index (κ3) is 2.46. The van der Waals surface area contributed by atoms with Crippen LogP contribution in [0.4, 0.5) is 5.69 Å². The Hall–Kier alpha value is -1.58. The highest BCUT2D eigenvalue weighted by atomic mass is 16.5. The molecule has 0 spiro atoms. The summed E-state index contributed by atoms with van der Waals surface area (Å²) in [6.45, 7) is 6.16. The van der Waals surface area contributed by atoms with Crippen LogP contribution in [0.2, 0.25) is 0 Å². The smallest absolute Gasteiger partial charge is 0.334 e. The molecule has 81 valence electrons. The fraction of sp³-hybridized carbons (Fsp3) is 0.455. The van der Waals surface area contributed by atoms with Gasteiger partial charge in [0, 0.05) is 12.1 Å². The van der Waals surface area contributed by atoms with Crippen LogP contribution < -0.4 is 10.6 Å². The minimum absolute atomic E-state index is 0.0481. The molecule has 15 heavy (non-hydrogen) atoms. The van der Waals surface area contributed by atoms with Gasteiger partial charge in [0.1, 0.15) is 0 Å². The monoisotopic (exact) mass is 208 g/mol. The Balaban J connectivity index is 3.28. The lowest BCUT2D eigenvalue weighted by Gasteiger charge is -2.18. The fourth-order valence-corrected chi connectivity index (χ4v) is 1.23. The molecule has 0 heterocycles. The molecule has 0 aliphatic heterocycles. The molecule has 0 saturated carbocycles. The molecule has 1 radical (unpaired) electrons. The fourth-order valence-electron chi connectivity index (χ4n) is 1.23. The largest absolute Gasteiger partial charge is 0.490 e. The first-order chi connectivity index (χ1) is 6.86. The zero-order valence-corrected chi connectivity index (χ0v) is 9.50. The summed E-state index contributed by atoms with van der Waals surface area (Å²) in [6, 6.07) is 6.44. The Morgan fingerprint density at radius 3 is 2.47 bits per heavy atom. The number of ether oxygens (including phenoxy) is 1. The SMILES string of the molecule is COc1[c]cc(C(C)(C)C)cc1[N+](N)=O. The van der Waals surface area contributed by atoms with Gasteiger partial charge >= 0.3 is 5.69 Å². The Labute approximate surface area is 89.6 Å². The van der Waals surface area contributed by atoms with E-state index in [9.17, 15) is 4.91 Å². The van der Waals surface area contributed by atoms with Gasteiger partial charge in [0.05, 0.1) is 12.0 Å². The van der Waals surface area contributed by atoms with Crippen LogP contribution >= 0.6 is 0 Å². The van der Waals surface area contributed by atoms with Gasteiger partial charge in [-0.15, -0.1) is 0 Å². The first kappa shape index (κ1) is 11.5. The number of hydrogen-bond donors (Lipinski definition) is 1. The molecule has 0 aromatic heterocycles. The van der Waals surface area contributed by atoms with Crippen LogP contribution in [0.25, 0.3) is 0 Å². The lowest BCUT2D eigenvalue weighted by Crippen LogP contribution is -2.14. The molecule has 1 rings (SSSR count). The molecule has 0 aliphatic rings. The minimum Gasteiger partial charge on any atom is -0.490 e. The highest BCUT2D eigenvalue weighted by Gasteiger charge is 2.22. The zero-order valence-electron chi connectivity index (χ0n) is 9.50. The molecule has 4 nitrogen and oxygen atoms in total. The number of hydrogen-bond acceptors (Lipinski definition) is 2. The first-order valence-corrected chi connectivity index (χ1v) is 4.68. The maximum atomic E-state index is 11.1. The van der Waals surface area contributed by atoms with Gasteiger partial charge in [-0.2, -0.15) is 5.84 Å². The number of hydrazine groups is 1. The molecule has 0 fully saturated rings. The van der Waals surface area contributed by atoms with Crippen molar-refractivity contribution in [1.29, 1.82) is 0 Å². The van der Waals surface area contributed by atoms with Gasteiger partial charge in [-0.25, -0.2) is 0 Å². The minimum atomic E-state index is -0.0481. The molecule has 0 amide bonds. The molecule has 0 unspecified atom stereocenters. The highest BCUT2D eigenvalue weighted by molar-refractivity contribution is 5.48. The van der Waals surface area contributed by atoms with Crippen molar-refractivity contribution in [2.75, 3.05) is 7.11 Å². The van der Waals surface area contributed by atoms with Crippen LogP contribution in [0.1, 0.15) is 26.3 Å². The van der Waals surface area contributed by atoms with Crippen molar-refractivity contribution in [3.05, 3.63) is 28.7 Å². The van der Waals surface area contributed by atoms with Crippen LogP contribution in [0.15, 0.2) is 12.1 Å². The van der Waals surface area contributed by atoms with Crippen LogP contribution in [-0.2, 0) is 5.41 Å². The van der Waals surface area contributed by atoms with Gasteiger partial charge in [0.25, 0.3) is 0 Å². The summed E-state index contributed by atoms with van der Waals surface area (Å²) in [5, 5.41) is 0. The average molecular weight is 208 g/mol. The lowest BCUT2D eigenvalue weighted by molar-refractivity contribution is -0.475. The molecule has 0 atom stereocenters. The van der Waals surface area contributed by atoms with Crippen molar-refractivity contribution in [2.45, 2.75) is 26.2 Å². The predicted molar refractivity (Wildman–Crippen MR) is 58.0 cm³/mol. The van der Waals surface area contributed by atoms with Gasteiger partial charge in [0.15, 0.2) is 4.87 Å². The predicted octanol–water partition coefficient (Wildman–Crippen LogP) is 2.08. The summed E-state index contributed by atoms with van der Waals surface area (Å²) in [5.41, 5.74) is 1.24. The standard InChI is InChI=1S/C11H16N2O2/c1-11(2,3)8-5-6-10(15-4)9(7-8)13(12)14/h5,7H,1-4H3,(H2,12,14)/q+1. The van der Waals surface area contributed by atoms with Gasteiger partial charge in [-0.1, -0.05) is 20.8 Å². The molecular weight excluding hydrogens is 192 g/mol. The van der Waals surface area contributed by atoms with E-state index < -0.39 is 0 Å². The molecule has 0 saturated heterocycles. The van der Waals surface area contributed by atoms with Crippen molar-refractivity contribution < 1.29 is 9.61 Å². The van der Waals surface area contributed by atoms with E-state index in [1.165, 1.54) is 7.11 Å². The van der Waals surface area contributed by atoms with Crippen molar-refractivity contribution in [3.63, 3.8) is 0 Å². The quantitative estimate of drug-likeness (QED) is 0.460. The summed E-state index contributed by atoms with van der Waals surface area (Å²) in [5.74, 6) is 5.54. The number of nitrogens with two attached hydrogens (primary N) is 1. The van der Waals surface area contributed by atoms with Gasteiger partial charge in [-0.05, 0) is 17.0 Å². The van der Waals surface area contributed by atoms with Gasteiger partial charge in [0.2, 0.25) is 5.75 Å². The second-order valence-electron chi connectivity index (χ2n) is 4.38. The van der Waals surface area contributed by atoms with Crippen molar-refractivity contribution >= 4 is 5.69 Å². The molecular formula is C11H16N2O2+. The van der Waals surface area contributed by atoms with Crippen molar-refractivity contribution in [2.24, 2.45) is 5.84 Å². The zero-order chi connectivity index (χ0) is 11.6. The van der Waals surface area contributed by atoms with E-state index in [1.807, 2.05) is 6.07 Å². The summed E-state index contributed by atoms with van der Waals surface area (Å²) < 4.78 is 5.00. The summed E-state index contributed by atoms with van der Waals surface area (Å²) in [7, 11) is 1.48. The topological polar surface area (TPSA) is 55.3 Å². The molecule has 2 N–H and O–H groups in total. The number of nitrogens with zero attached hydrogens (tertiary/aromatic N) is 1. The highest BCUT2D eigenvalue weighted by Crippen LogP contribution is 2.31.